The minimum atomic E-state index is -1.85. The van der Waals surface area contributed by atoms with Crippen molar-refractivity contribution in [3.05, 3.63) is 47.6 Å². The van der Waals surface area contributed by atoms with Crippen LogP contribution in [0.1, 0.15) is 256 Å². The number of carbonyl (C=O) groups excluding carboxylic acids is 23. The van der Waals surface area contributed by atoms with Gasteiger partial charge in [-0.2, -0.15) is 0 Å². The summed E-state index contributed by atoms with van der Waals surface area (Å²) in [5.41, 5.74) is 4.04. The Morgan fingerprint density at radius 1 is 0.450 bits per heavy atom. The summed E-state index contributed by atoms with van der Waals surface area (Å²) in [6.07, 6.45) is 9.71. The number of hydrogen-bond acceptors (Lipinski definition) is 28. The van der Waals surface area contributed by atoms with Gasteiger partial charge in [0, 0.05) is 6.54 Å². The van der Waals surface area contributed by atoms with Crippen molar-refractivity contribution >= 4 is 136 Å². The highest BCUT2D eigenvalue weighted by Crippen LogP contribution is 2.23. The van der Waals surface area contributed by atoms with E-state index in [0.717, 1.165) is 50.7 Å². The molecule has 0 aromatic heterocycles. The molecule has 2 aliphatic heterocycles. The number of nitrogens with zero attached hydrogens (tertiary/aromatic N) is 1. The van der Waals surface area contributed by atoms with Crippen molar-refractivity contribution in [1.82, 2.24) is 117 Å². The average molecular weight is 2110 g/mol. The molecule has 0 spiro atoms. The molecule has 50 nitrogen and oxygen atoms in total. The maximum Gasteiger partial charge on any atom is 0.329 e. The van der Waals surface area contributed by atoms with Gasteiger partial charge in [-0.15, -0.1) is 0 Å². The molecule has 0 aromatic carbocycles. The molecular weight excluding hydrogens is 1940 g/mol. The van der Waals surface area contributed by atoms with Crippen molar-refractivity contribution in [2.75, 3.05) is 26.3 Å². The molecule has 26 N–H and O–H groups in total. The maximum atomic E-state index is 14.2. The average Bonchev–Trinajstić information content (AvgIpc) is 1.70. The summed E-state index contributed by atoms with van der Waals surface area (Å²) < 4.78 is 5.69. The Morgan fingerprint density at radius 3 is 1.35 bits per heavy atom. The first kappa shape index (κ1) is 132. The van der Waals surface area contributed by atoms with Crippen LogP contribution in [-0.4, -0.2) is 303 Å². The molecule has 0 radical (unpaired) electrons. The van der Waals surface area contributed by atoms with Gasteiger partial charge in [-0.1, -0.05) is 173 Å². The lowest BCUT2D eigenvalue weighted by atomic mass is 9.96. The summed E-state index contributed by atoms with van der Waals surface area (Å²) in [6.45, 7) is 37.1. The second kappa shape index (κ2) is 65.5. The van der Waals surface area contributed by atoms with Gasteiger partial charge in [-0.25, -0.2) is 4.79 Å². The topological polar surface area (TPSA) is 744 Å². The molecule has 0 aliphatic carbocycles. The number of hydrogen-bond donors (Lipinski definition) is 25. The number of unbranched alkanes of at least 4 members (excludes halogenated alkanes) is 6. The highest BCUT2D eigenvalue weighted by Gasteiger charge is 2.44. The lowest BCUT2D eigenvalue weighted by molar-refractivity contribution is -0.157. The van der Waals surface area contributed by atoms with Crippen LogP contribution in [0.4, 0.5) is 0 Å². The monoisotopic (exact) mass is 2110 g/mol. The number of rotatable bonds is 56. The van der Waals surface area contributed by atoms with Crippen molar-refractivity contribution in [3.8, 4) is 0 Å². The number of esters is 1. The lowest BCUT2D eigenvalue weighted by Gasteiger charge is -2.31. The molecule has 22 atom stereocenters. The molecule has 2 fully saturated rings. The van der Waals surface area contributed by atoms with Crippen LogP contribution >= 0.6 is 0 Å². The Morgan fingerprint density at radius 2 is 0.872 bits per heavy atom. The summed E-state index contributed by atoms with van der Waals surface area (Å²) in [7, 11) is 0. The van der Waals surface area contributed by atoms with E-state index in [-0.39, 0.29) is 50.9 Å². The molecule has 22 amide bonds. The maximum absolute atomic E-state index is 14.2. The SMILES string of the molecule is C=C(NC(=O)C(NC(=O)C(NC(=O)C(CO)NC(=O)/C(=C/C)NC(=O)C(C)NC(=O)C(NC(=O)C(C)NC(=O)C(C)NC(=O)C(C)NC(=O)C1CCCN1C(=O)/C(=C/C)NC(=O)CC(O)CCCCCCCCC)C(C)C)C(C)C)C(C)CC)C(=O)NC(C)C(=O)NC(C(=O)NC(C)C(=O)NC(C(=O)N/C(=C\C)C(=O)NC1C(=O)NC(C)C(=O)NC(CCN)C(=O)NC(CO)C(=O)NC(C(C)CC)C(=O)OC1C)C(C)C)C(C)C. The third-order valence-electron chi connectivity index (χ3n) is 25.1. The first-order chi connectivity index (χ1) is 69.8. The summed E-state index contributed by atoms with van der Waals surface area (Å²) in [6, 6.07) is -25.9. The predicted octanol–water partition coefficient (Wildman–Crippen LogP) is -4.07. The molecule has 0 saturated carbocycles. The first-order valence-corrected chi connectivity index (χ1v) is 51.0. The van der Waals surface area contributed by atoms with E-state index in [0.29, 0.717) is 12.8 Å². The second-order valence-corrected chi connectivity index (χ2v) is 39.0. The zero-order chi connectivity index (χ0) is 114. The lowest BCUT2D eigenvalue weighted by Crippen LogP contribution is -2.62. The Kier molecular flexibility index (Phi) is 57.8. The van der Waals surface area contributed by atoms with E-state index in [4.69, 9.17) is 10.5 Å². The molecule has 0 bridgehead atoms. The number of nitrogens with one attached hydrogen (secondary N) is 21. The third kappa shape index (κ3) is 43.0. The predicted molar refractivity (Wildman–Crippen MR) is 545 cm³/mol. The highest BCUT2D eigenvalue weighted by atomic mass is 16.5. The molecular formula is C99H165N23O27. The number of ether oxygens (including phenoxy) is 1. The van der Waals surface area contributed by atoms with Gasteiger partial charge in [-0.05, 0) is 144 Å². The molecule has 838 valence electrons. The molecule has 50 heteroatoms. The normalized spacial score (nSPS) is 20.1. The van der Waals surface area contributed by atoms with E-state index in [9.17, 15) is 126 Å². The fourth-order valence-corrected chi connectivity index (χ4v) is 15.1. The number of allylic oxidation sites excluding steroid dienone is 3. The summed E-state index contributed by atoms with van der Waals surface area (Å²) in [5.74, 6) is -25.7. The van der Waals surface area contributed by atoms with Crippen molar-refractivity contribution in [2.45, 2.75) is 377 Å². The quantitative estimate of drug-likeness (QED) is 0.0156. The summed E-state index contributed by atoms with van der Waals surface area (Å²) >= 11 is 0. The number of nitrogens with two attached hydrogens (primary N) is 1. The molecule has 22 unspecified atom stereocenters. The summed E-state index contributed by atoms with van der Waals surface area (Å²) in [4.78, 5) is 317. The van der Waals surface area contributed by atoms with E-state index < -0.39 is 323 Å². The first-order valence-electron chi connectivity index (χ1n) is 51.0. The fraction of sp³-hybridized carbons (Fsp3) is 0.687. The van der Waals surface area contributed by atoms with Crippen molar-refractivity contribution in [1.29, 1.82) is 0 Å². The zero-order valence-corrected chi connectivity index (χ0v) is 90.3. The Hall–Kier alpha value is -13.4. The van der Waals surface area contributed by atoms with Crippen LogP contribution in [0.25, 0.3) is 0 Å². The van der Waals surface area contributed by atoms with Crippen LogP contribution in [-0.2, 0) is 115 Å². The fourth-order valence-electron chi connectivity index (χ4n) is 15.1. The van der Waals surface area contributed by atoms with Crippen molar-refractivity contribution in [3.63, 3.8) is 0 Å². The van der Waals surface area contributed by atoms with Gasteiger partial charge < -0.3 is 142 Å². The Labute approximate surface area is 871 Å². The van der Waals surface area contributed by atoms with Gasteiger partial charge in [0.1, 0.15) is 132 Å². The number of carbonyl (C=O) groups is 23. The van der Waals surface area contributed by atoms with Crippen LogP contribution in [0.2, 0.25) is 0 Å². The molecule has 149 heavy (non-hydrogen) atoms. The van der Waals surface area contributed by atoms with Crippen LogP contribution in [0.3, 0.4) is 0 Å². The van der Waals surface area contributed by atoms with Crippen molar-refractivity contribution < 1.29 is 130 Å². The van der Waals surface area contributed by atoms with Gasteiger partial charge in [0.25, 0.3) is 23.6 Å². The number of cyclic esters (lactones) is 1. The van der Waals surface area contributed by atoms with E-state index in [1.165, 1.54) is 114 Å². The largest absolute Gasteiger partial charge is 0.458 e. The third-order valence-corrected chi connectivity index (χ3v) is 25.1. The van der Waals surface area contributed by atoms with E-state index >= 15 is 0 Å². The number of likely N-dealkylation sites (tertiary alicyclic amines) is 1. The number of aliphatic hydroxyl groups is 3. The van der Waals surface area contributed by atoms with Gasteiger partial charge in [0.2, 0.25) is 106 Å². The van der Waals surface area contributed by atoms with Crippen LogP contribution in [0.5, 0.6) is 0 Å². The highest BCUT2D eigenvalue weighted by molar-refractivity contribution is 6.07. The Balaban J connectivity index is 2.11. The minimum absolute atomic E-state index is 0.0791. The molecule has 2 saturated heterocycles. The van der Waals surface area contributed by atoms with Gasteiger partial charge in [-0.3, -0.25) is 105 Å². The van der Waals surface area contributed by atoms with E-state index in [1.54, 1.807) is 62.3 Å². The van der Waals surface area contributed by atoms with E-state index in [1.807, 2.05) is 0 Å². The molecule has 0 aromatic rings. The van der Waals surface area contributed by atoms with Gasteiger partial charge in [0.15, 0.2) is 0 Å². The zero-order valence-electron chi connectivity index (χ0n) is 90.3. The van der Waals surface area contributed by atoms with Crippen LogP contribution in [0, 0.1) is 35.5 Å². The summed E-state index contributed by atoms with van der Waals surface area (Å²) in [5, 5.41) is 82.5. The van der Waals surface area contributed by atoms with Gasteiger partial charge >= 0.3 is 5.97 Å². The van der Waals surface area contributed by atoms with Gasteiger partial charge in [0.05, 0.1) is 31.4 Å². The van der Waals surface area contributed by atoms with E-state index in [2.05, 4.69) is 125 Å². The smallest absolute Gasteiger partial charge is 0.329 e. The van der Waals surface area contributed by atoms with Crippen molar-refractivity contribution in [2.24, 2.45) is 41.2 Å². The number of amides is 22. The molecule has 2 heterocycles. The van der Waals surface area contributed by atoms with Crippen LogP contribution < -0.4 is 117 Å². The minimum Gasteiger partial charge on any atom is -0.458 e. The number of aliphatic hydroxyl groups excluding tert-OH is 3. The molecule has 2 rings (SSSR count). The molecule has 2 aliphatic rings. The van der Waals surface area contributed by atoms with Crippen LogP contribution in [0.15, 0.2) is 47.6 Å². The standard InChI is InChI=1S/C99H165N23O27/c1-26-32-33-34-35-36-37-39-62(125)44-70(126)109-65(31-6)98(147)122-43-38-40-69(122)91(140)104-54(18)79(128)101-53(17)78(127)102-58(22)83(132)115-71(47(7)8)92(141)105-56(20)81(130)110-63(29-4)86(135)113-67(45-123)89(138)118-74(50(13)14)95(144)119-75(51(15)27-2)96(145)107-55(19)80(129)103-59(23)84(133)116-72(48(9)10)93(142)106-60(24)85(134)117-73(49(11)12)94(143)111-64(30-5)87(136)121-77-61(25)149-99(148)76(52(16)28-3)120-90(139)68(46-124)114-88(137)66(41-42-100)112-82(131)57(21)108-97(77)146/h29-31,47-54,56-62,66-69,71-77,123-125H,19,26-28,32-46,100H2,1-18,20-25H3,(H,101,128)(H,102,127)(H,103,129)(H,104,140)(H,105,141)(H,106,142)(H,107,145)(H,108,146)(H,109,126)(H,110,130)(H,111,143)(H,112,131)(H,113,135)(H,114,137)(H,115,132)(H,116,133)(H,117,134)(H,118,138)(H,119,144)(H,120,139)(H,121,136)/b63-29-,64-30-,65-31-. The second-order valence-electron chi connectivity index (χ2n) is 39.0. The Bertz CT molecular complexity index is 4790.